The summed E-state index contributed by atoms with van der Waals surface area (Å²) in [6.07, 6.45) is 0. The van der Waals surface area contributed by atoms with Crippen LogP contribution in [0.5, 0.6) is 5.75 Å². The number of thioether (sulfide) groups is 1. The number of likely N-dealkylation sites (N-methyl/N-ethyl adjacent to an activating group) is 1. The van der Waals surface area contributed by atoms with Crippen LogP contribution in [0.2, 0.25) is 5.02 Å². The van der Waals surface area contributed by atoms with Crippen LogP contribution in [0.15, 0.2) is 18.2 Å². The Morgan fingerprint density at radius 2 is 1.87 bits per heavy atom. The van der Waals surface area contributed by atoms with Gasteiger partial charge in [0.1, 0.15) is 23.2 Å². The Balaban J connectivity index is 0.00000420. The van der Waals surface area contributed by atoms with Gasteiger partial charge in [0.2, 0.25) is 11.8 Å². The van der Waals surface area contributed by atoms with E-state index in [1.165, 1.54) is 34.9 Å². The number of carbonyl (C=O) groups is 6. The van der Waals surface area contributed by atoms with Crippen molar-refractivity contribution >= 4 is 59.0 Å². The molecule has 1 aromatic rings. The zero-order valence-electron chi connectivity index (χ0n) is 21.6. The van der Waals surface area contributed by atoms with E-state index >= 15 is 0 Å². The quantitative estimate of drug-likeness (QED) is 0.165. The Labute approximate surface area is 275 Å². The Morgan fingerprint density at radius 1 is 1.21 bits per heavy atom. The van der Waals surface area contributed by atoms with Gasteiger partial charge in [0.15, 0.2) is 0 Å². The molecule has 0 radical (unpaired) electrons. The molecule has 3 heterocycles. The Hall–Kier alpha value is -1.88. The minimum Gasteiger partial charge on any atom is -0.548 e. The number of aromatic hydroxyl groups is 1. The topological polar surface area (TPSA) is 179 Å². The van der Waals surface area contributed by atoms with Gasteiger partial charge in [0, 0.05) is 24.4 Å². The van der Waals surface area contributed by atoms with E-state index in [-0.39, 0.29) is 87.4 Å². The maximum atomic E-state index is 13.4. The molecular formula is C23H25ClKN5O8S. The normalized spacial score (nSPS) is 24.4. The summed E-state index contributed by atoms with van der Waals surface area (Å²) in [7, 11) is 0. The van der Waals surface area contributed by atoms with E-state index in [1.807, 2.05) is 0 Å². The Bertz CT molecular complexity index is 1250. The number of nitrogens with one attached hydrogen (secondary N) is 2. The maximum Gasteiger partial charge on any atom is 1.00 e. The number of carbonyl (C=O) groups excluding carboxylic acids is 6. The predicted molar refractivity (Wildman–Crippen MR) is 131 cm³/mol. The van der Waals surface area contributed by atoms with Crippen molar-refractivity contribution in [3.63, 3.8) is 0 Å². The van der Waals surface area contributed by atoms with Gasteiger partial charge in [-0.2, -0.15) is 0 Å². The third kappa shape index (κ3) is 5.80. The van der Waals surface area contributed by atoms with Gasteiger partial charge in [-0.25, -0.2) is 4.79 Å². The molecule has 3 aliphatic heterocycles. The van der Waals surface area contributed by atoms with Crippen molar-refractivity contribution in [2.75, 3.05) is 19.6 Å². The molecule has 16 heteroatoms. The second-order valence-corrected chi connectivity index (χ2v) is 11.7. The summed E-state index contributed by atoms with van der Waals surface area (Å²) in [5, 5.41) is 25.6. The van der Waals surface area contributed by atoms with Gasteiger partial charge in [-0.05, 0) is 38.5 Å². The summed E-state index contributed by atoms with van der Waals surface area (Å²) < 4.78 is -0.871. The van der Waals surface area contributed by atoms with Gasteiger partial charge in [-0.1, -0.05) is 17.7 Å². The molecule has 3 aliphatic rings. The van der Waals surface area contributed by atoms with Gasteiger partial charge >= 0.3 is 69.2 Å². The summed E-state index contributed by atoms with van der Waals surface area (Å²) >= 11 is 7.20. The molecule has 4 rings (SSSR count). The molecular weight excluding hydrogens is 581 g/mol. The number of rotatable bonds is 6. The summed E-state index contributed by atoms with van der Waals surface area (Å²) in [6.45, 7) is 5.32. The number of phenols is 1. The number of β-lactam (4-membered cyclic amide) rings is 1. The van der Waals surface area contributed by atoms with Crippen LogP contribution >= 0.6 is 23.4 Å². The molecule has 0 aromatic heterocycles. The molecule has 39 heavy (non-hydrogen) atoms. The van der Waals surface area contributed by atoms with E-state index in [4.69, 9.17) is 11.6 Å². The zero-order chi connectivity index (χ0) is 28.1. The molecule has 13 nitrogen and oxygen atoms in total. The first-order valence-electron chi connectivity index (χ1n) is 11.7. The molecule has 0 bridgehead atoms. The van der Waals surface area contributed by atoms with Crippen LogP contribution in [0.4, 0.5) is 4.79 Å². The van der Waals surface area contributed by atoms with Crippen LogP contribution in [0.1, 0.15) is 32.4 Å². The van der Waals surface area contributed by atoms with E-state index in [1.54, 1.807) is 20.8 Å². The van der Waals surface area contributed by atoms with E-state index < -0.39 is 63.9 Å². The molecule has 4 atom stereocenters. The summed E-state index contributed by atoms with van der Waals surface area (Å²) in [5.41, 5.74) is 0.125. The van der Waals surface area contributed by atoms with Gasteiger partial charge < -0.3 is 35.4 Å². The minimum atomic E-state index is -1.48. The van der Waals surface area contributed by atoms with Crippen LogP contribution < -0.4 is 67.1 Å². The number of fused-ring (bicyclic) bond motifs is 1. The summed E-state index contributed by atoms with van der Waals surface area (Å²) in [4.78, 5) is 78.7. The van der Waals surface area contributed by atoms with Crippen LogP contribution in [-0.2, 0) is 24.0 Å². The van der Waals surface area contributed by atoms with Crippen molar-refractivity contribution < 1.29 is 90.4 Å². The van der Waals surface area contributed by atoms with Crippen molar-refractivity contribution in [3.05, 3.63) is 28.8 Å². The van der Waals surface area contributed by atoms with Gasteiger partial charge in [-0.15, -0.1) is 11.8 Å². The standard InChI is InChI=1S/C23H26ClN5O8S.K/c1-4-27-7-8-28(19(34)18(27)33)22(37)26-13(10-5-6-12(30)11(24)9-10)16(31)25-14-17(32)29-15(21(35)36)23(2,3)38-20(14)29;/h5-6,9,13-15,20,30H,4,7-8H2,1-3H3,(H,25,31)(H,26,37)(H,35,36);/q;+1/p-1/t13?,14-,15+,20-;/m1./s1. The van der Waals surface area contributed by atoms with Crippen molar-refractivity contribution in [2.24, 2.45) is 0 Å². The van der Waals surface area contributed by atoms with E-state index in [9.17, 15) is 39.0 Å². The molecule has 1 unspecified atom stereocenters. The number of carboxylic acid groups (broad SMARTS) is 1. The fourth-order valence-corrected chi connectivity index (χ4v) is 6.55. The monoisotopic (exact) mass is 605 g/mol. The van der Waals surface area contributed by atoms with E-state index in [0.717, 1.165) is 4.90 Å². The molecule has 3 fully saturated rings. The van der Waals surface area contributed by atoms with Crippen LogP contribution in [0, 0.1) is 0 Å². The Morgan fingerprint density at radius 3 is 2.46 bits per heavy atom. The minimum absolute atomic E-state index is 0. The molecule has 3 N–H and O–H groups in total. The molecule has 0 spiro atoms. The molecule has 0 saturated carbocycles. The van der Waals surface area contributed by atoms with Crippen LogP contribution in [-0.4, -0.2) is 97.3 Å². The molecule has 204 valence electrons. The van der Waals surface area contributed by atoms with E-state index in [2.05, 4.69) is 10.6 Å². The SMILES string of the molecule is CCN1CCN(C(=O)NC(C(=O)N[C@@H]2C(=O)N3[C@@H]2SC(C)(C)[C@@H]3C(=O)[O-])c2ccc(O)c(Cl)c2)C(=O)C1=O.[K+]. The number of hydrogen-bond donors (Lipinski definition) is 3. The first kappa shape index (κ1) is 31.6. The molecule has 3 saturated heterocycles. The Kier molecular flexibility index (Phi) is 9.67. The van der Waals surface area contributed by atoms with Crippen molar-refractivity contribution in [1.29, 1.82) is 0 Å². The van der Waals surface area contributed by atoms with Crippen molar-refractivity contribution in [2.45, 2.75) is 49.0 Å². The molecule has 6 amide bonds. The number of phenolic OH excluding ortho intramolecular Hbond substituents is 1. The average molecular weight is 606 g/mol. The first-order valence-corrected chi connectivity index (χ1v) is 12.9. The van der Waals surface area contributed by atoms with Crippen LogP contribution in [0.3, 0.4) is 0 Å². The van der Waals surface area contributed by atoms with Gasteiger partial charge in [0.25, 0.3) is 0 Å². The molecule has 1 aromatic carbocycles. The predicted octanol–water partition coefficient (Wildman–Crippen LogP) is -4.21. The number of aliphatic carboxylic acids is 1. The fourth-order valence-electron chi connectivity index (χ4n) is 4.74. The number of amides is 6. The number of piperazine rings is 1. The second-order valence-electron chi connectivity index (χ2n) is 9.50. The first-order chi connectivity index (χ1) is 17.8. The third-order valence-electron chi connectivity index (χ3n) is 6.73. The number of halogens is 1. The van der Waals surface area contributed by atoms with Crippen LogP contribution in [0.25, 0.3) is 0 Å². The summed E-state index contributed by atoms with van der Waals surface area (Å²) in [6, 6.07) is -1.01. The number of hydrogen-bond acceptors (Lipinski definition) is 9. The largest absolute Gasteiger partial charge is 1.00 e. The fraction of sp³-hybridized carbons (Fsp3) is 0.478. The van der Waals surface area contributed by atoms with E-state index in [0.29, 0.717) is 4.90 Å². The molecule has 0 aliphatic carbocycles. The number of nitrogens with zero attached hydrogens (tertiary/aromatic N) is 3. The smallest absolute Gasteiger partial charge is 0.548 e. The number of benzene rings is 1. The number of imide groups is 1. The summed E-state index contributed by atoms with van der Waals surface area (Å²) in [5.74, 6) is -5.07. The average Bonchev–Trinajstić information content (AvgIpc) is 3.12. The van der Waals surface area contributed by atoms with Gasteiger partial charge in [0.05, 0.1) is 17.0 Å². The zero-order valence-corrected chi connectivity index (χ0v) is 26.3. The third-order valence-corrected chi connectivity index (χ3v) is 8.61. The van der Waals surface area contributed by atoms with Crippen molar-refractivity contribution in [1.82, 2.24) is 25.3 Å². The maximum absolute atomic E-state index is 13.4. The number of carboxylic acids is 1. The van der Waals surface area contributed by atoms with Gasteiger partial charge in [-0.3, -0.25) is 24.1 Å². The number of urea groups is 1. The van der Waals surface area contributed by atoms with Crippen molar-refractivity contribution in [3.8, 4) is 5.75 Å². The second kappa shape index (κ2) is 11.9.